The van der Waals surface area contributed by atoms with Crippen LogP contribution in [0.3, 0.4) is 0 Å². The van der Waals surface area contributed by atoms with E-state index >= 15 is 0 Å². The summed E-state index contributed by atoms with van der Waals surface area (Å²) in [5.74, 6) is 0. The molecule has 0 radical (unpaired) electrons. The molecule has 0 saturated carbocycles. The Morgan fingerprint density at radius 1 is 0.821 bits per heavy atom. The van der Waals surface area contributed by atoms with Crippen LogP contribution in [0.25, 0.3) is 0 Å². The number of nitrogens with zero attached hydrogens (tertiary/aromatic N) is 3. The highest BCUT2D eigenvalue weighted by Gasteiger charge is 2.35. The van der Waals surface area contributed by atoms with E-state index in [1.54, 1.807) is 31.2 Å². The molecular formula is C19H21N3O4S2. The summed E-state index contributed by atoms with van der Waals surface area (Å²) in [5, 5.41) is 9.18. The number of aryl methyl sites for hydroxylation is 2. The van der Waals surface area contributed by atoms with Gasteiger partial charge in [0.25, 0.3) is 0 Å². The molecule has 0 amide bonds. The molecule has 0 N–H and O–H groups in total. The zero-order chi connectivity index (χ0) is 20.5. The molecule has 7 nitrogen and oxygen atoms in total. The average Bonchev–Trinajstić information content (AvgIpc) is 2.67. The molecule has 3 rings (SSSR count). The first-order valence-corrected chi connectivity index (χ1v) is 11.6. The monoisotopic (exact) mass is 419 g/mol. The van der Waals surface area contributed by atoms with Crippen molar-refractivity contribution >= 4 is 20.0 Å². The smallest absolute Gasteiger partial charge is 0.207 e. The first-order valence-electron chi connectivity index (χ1n) is 8.74. The van der Waals surface area contributed by atoms with Gasteiger partial charge < -0.3 is 0 Å². The Hall–Kier alpha value is -2.25. The maximum Gasteiger partial charge on any atom is 0.244 e. The third kappa shape index (κ3) is 3.69. The van der Waals surface area contributed by atoms with Crippen molar-refractivity contribution in [3.8, 4) is 6.07 Å². The van der Waals surface area contributed by atoms with Gasteiger partial charge in [0.05, 0.1) is 15.4 Å². The van der Waals surface area contributed by atoms with Gasteiger partial charge in [-0.05, 0) is 37.6 Å². The summed E-state index contributed by atoms with van der Waals surface area (Å²) in [7, 11) is -7.56. The number of hydrogen-bond donors (Lipinski definition) is 0. The third-order valence-corrected chi connectivity index (χ3v) is 8.79. The minimum Gasteiger partial charge on any atom is -0.207 e. The molecule has 1 saturated heterocycles. The molecular weight excluding hydrogens is 398 g/mol. The van der Waals surface area contributed by atoms with Gasteiger partial charge in [-0.25, -0.2) is 16.8 Å². The van der Waals surface area contributed by atoms with Crippen molar-refractivity contribution in [1.82, 2.24) is 8.61 Å². The van der Waals surface area contributed by atoms with E-state index in [1.165, 1.54) is 20.7 Å². The van der Waals surface area contributed by atoms with Gasteiger partial charge in [0.2, 0.25) is 20.0 Å². The van der Waals surface area contributed by atoms with E-state index in [2.05, 4.69) is 0 Å². The lowest BCUT2D eigenvalue weighted by molar-refractivity contribution is 0.272. The van der Waals surface area contributed by atoms with Crippen molar-refractivity contribution < 1.29 is 16.8 Å². The van der Waals surface area contributed by atoms with E-state index in [1.807, 2.05) is 19.1 Å². The molecule has 2 aromatic carbocycles. The second-order valence-corrected chi connectivity index (χ2v) is 10.5. The second-order valence-electron chi connectivity index (χ2n) is 6.69. The molecule has 0 aliphatic carbocycles. The minimum absolute atomic E-state index is 0.0340. The molecule has 0 bridgehead atoms. The Bertz CT molecular complexity index is 1140. The van der Waals surface area contributed by atoms with Crippen LogP contribution in [0.4, 0.5) is 0 Å². The molecule has 1 heterocycles. The van der Waals surface area contributed by atoms with E-state index in [0.29, 0.717) is 5.56 Å². The van der Waals surface area contributed by atoms with Crippen molar-refractivity contribution in [3.63, 3.8) is 0 Å². The Balaban J connectivity index is 1.82. The lowest BCUT2D eigenvalue weighted by Crippen LogP contribution is -2.50. The first-order chi connectivity index (χ1) is 13.2. The average molecular weight is 420 g/mol. The van der Waals surface area contributed by atoms with Crippen LogP contribution in [0.5, 0.6) is 0 Å². The van der Waals surface area contributed by atoms with Crippen LogP contribution in [0.2, 0.25) is 0 Å². The summed E-state index contributed by atoms with van der Waals surface area (Å²) in [6.07, 6.45) is 0. The summed E-state index contributed by atoms with van der Waals surface area (Å²) in [6.45, 7) is 3.83. The topological polar surface area (TPSA) is 98.6 Å². The maximum atomic E-state index is 13.0. The zero-order valence-corrected chi connectivity index (χ0v) is 17.3. The molecule has 1 fully saturated rings. The van der Waals surface area contributed by atoms with E-state index in [4.69, 9.17) is 0 Å². The van der Waals surface area contributed by atoms with Crippen molar-refractivity contribution in [3.05, 3.63) is 59.2 Å². The van der Waals surface area contributed by atoms with Crippen LogP contribution in [-0.4, -0.2) is 51.6 Å². The Labute approximate surface area is 165 Å². The molecule has 148 valence electrons. The fourth-order valence-electron chi connectivity index (χ4n) is 3.30. The van der Waals surface area contributed by atoms with Crippen LogP contribution in [-0.2, 0) is 20.0 Å². The summed E-state index contributed by atoms with van der Waals surface area (Å²) in [6, 6.07) is 13.1. The first kappa shape index (κ1) is 20.5. The lowest BCUT2D eigenvalue weighted by Gasteiger charge is -2.33. The van der Waals surface area contributed by atoms with E-state index in [-0.39, 0.29) is 41.5 Å². The van der Waals surface area contributed by atoms with E-state index in [0.717, 1.165) is 5.56 Å². The second kappa shape index (κ2) is 7.64. The molecule has 0 atom stereocenters. The molecule has 0 aromatic heterocycles. The van der Waals surface area contributed by atoms with Gasteiger partial charge in [-0.1, -0.05) is 29.8 Å². The SMILES string of the molecule is Cc1ccc(S(=O)(=O)N2CCN(S(=O)(=O)c3ccccc3C#N)CC2)c(C)c1. The highest BCUT2D eigenvalue weighted by molar-refractivity contribution is 7.89. The summed E-state index contributed by atoms with van der Waals surface area (Å²) in [5.41, 5.74) is 1.72. The van der Waals surface area contributed by atoms with Crippen LogP contribution < -0.4 is 0 Å². The third-order valence-electron chi connectivity index (χ3n) is 4.77. The number of nitriles is 1. The van der Waals surface area contributed by atoms with Gasteiger partial charge >= 0.3 is 0 Å². The number of hydrogen-bond acceptors (Lipinski definition) is 5. The lowest BCUT2D eigenvalue weighted by atomic mass is 10.2. The van der Waals surface area contributed by atoms with Crippen LogP contribution >= 0.6 is 0 Å². The molecule has 1 aliphatic heterocycles. The Morgan fingerprint density at radius 2 is 1.36 bits per heavy atom. The van der Waals surface area contributed by atoms with Crippen molar-refractivity contribution in [2.45, 2.75) is 23.6 Å². The van der Waals surface area contributed by atoms with Gasteiger partial charge in [0.1, 0.15) is 6.07 Å². The summed E-state index contributed by atoms with van der Waals surface area (Å²) >= 11 is 0. The Kier molecular flexibility index (Phi) is 5.59. The molecule has 1 aliphatic rings. The van der Waals surface area contributed by atoms with Crippen molar-refractivity contribution in [1.29, 1.82) is 5.26 Å². The highest BCUT2D eigenvalue weighted by Crippen LogP contribution is 2.25. The predicted octanol–water partition coefficient (Wildman–Crippen LogP) is 1.87. The van der Waals surface area contributed by atoms with E-state index in [9.17, 15) is 22.1 Å². The summed E-state index contributed by atoms with van der Waals surface area (Å²) < 4.78 is 54.3. The zero-order valence-electron chi connectivity index (χ0n) is 15.7. The number of benzene rings is 2. The van der Waals surface area contributed by atoms with Gasteiger partial charge in [-0.3, -0.25) is 0 Å². The number of piperazine rings is 1. The maximum absolute atomic E-state index is 13.0. The fraction of sp³-hybridized carbons (Fsp3) is 0.316. The van der Waals surface area contributed by atoms with Crippen LogP contribution in [0, 0.1) is 25.2 Å². The molecule has 9 heteroatoms. The largest absolute Gasteiger partial charge is 0.244 e. The molecule has 0 spiro atoms. The molecule has 28 heavy (non-hydrogen) atoms. The van der Waals surface area contributed by atoms with Gasteiger partial charge in [0.15, 0.2) is 0 Å². The predicted molar refractivity (Wildman–Crippen MR) is 105 cm³/mol. The minimum atomic E-state index is -3.86. The fourth-order valence-corrected chi connectivity index (χ4v) is 6.49. The van der Waals surface area contributed by atoms with Crippen molar-refractivity contribution in [2.75, 3.05) is 26.2 Å². The highest BCUT2D eigenvalue weighted by atomic mass is 32.2. The van der Waals surface area contributed by atoms with E-state index < -0.39 is 20.0 Å². The quantitative estimate of drug-likeness (QED) is 0.753. The van der Waals surface area contributed by atoms with Crippen molar-refractivity contribution in [2.24, 2.45) is 0 Å². The van der Waals surface area contributed by atoms with Gasteiger partial charge in [-0.15, -0.1) is 0 Å². The Morgan fingerprint density at radius 3 is 1.89 bits per heavy atom. The van der Waals surface area contributed by atoms with Crippen LogP contribution in [0.15, 0.2) is 52.3 Å². The van der Waals surface area contributed by atoms with Crippen LogP contribution in [0.1, 0.15) is 16.7 Å². The van der Waals surface area contributed by atoms with Gasteiger partial charge in [0, 0.05) is 26.2 Å². The van der Waals surface area contributed by atoms with Gasteiger partial charge in [-0.2, -0.15) is 13.9 Å². The number of sulfonamides is 2. The summed E-state index contributed by atoms with van der Waals surface area (Å²) in [4.78, 5) is 0.187. The normalized spacial score (nSPS) is 16.6. The molecule has 0 unspecified atom stereocenters. The standard InChI is InChI=1S/C19H21N3O4S2/c1-15-7-8-18(16(2)13-15)27(23,24)21-9-11-22(12-10-21)28(25,26)19-6-4-3-5-17(19)14-20/h3-8,13H,9-12H2,1-2H3. The number of rotatable bonds is 4. The molecule has 2 aromatic rings.